The highest BCUT2D eigenvalue weighted by atomic mass is 15.2. The van der Waals surface area contributed by atoms with Gasteiger partial charge >= 0.3 is 0 Å². The summed E-state index contributed by atoms with van der Waals surface area (Å²) in [5, 5.41) is 3.61. The molecule has 2 heterocycles. The summed E-state index contributed by atoms with van der Waals surface area (Å²) in [5.41, 5.74) is 1.04. The lowest BCUT2D eigenvalue weighted by atomic mass is 10.0. The quantitative estimate of drug-likeness (QED) is 0.867. The van der Waals surface area contributed by atoms with Crippen LogP contribution in [0.2, 0.25) is 0 Å². The molecule has 0 radical (unpaired) electrons. The van der Waals surface area contributed by atoms with Crippen molar-refractivity contribution in [3.63, 3.8) is 0 Å². The van der Waals surface area contributed by atoms with Gasteiger partial charge in [-0.1, -0.05) is 13.3 Å². The minimum atomic E-state index is 0.612. The minimum Gasteiger partial charge on any atom is -0.355 e. The molecule has 1 atom stereocenters. The van der Waals surface area contributed by atoms with E-state index >= 15 is 0 Å². The first-order chi connectivity index (χ1) is 8.79. The Labute approximate surface area is 110 Å². The molecule has 0 aromatic carbocycles. The van der Waals surface area contributed by atoms with Crippen molar-refractivity contribution in [1.29, 1.82) is 0 Å². The number of hydrogen-bond acceptors (Lipinski definition) is 4. The van der Waals surface area contributed by atoms with Crippen LogP contribution in [0.1, 0.15) is 38.3 Å². The fourth-order valence-corrected chi connectivity index (χ4v) is 2.53. The molecule has 4 heteroatoms. The van der Waals surface area contributed by atoms with E-state index in [0.717, 1.165) is 37.6 Å². The zero-order valence-corrected chi connectivity index (χ0v) is 11.5. The van der Waals surface area contributed by atoms with Crippen molar-refractivity contribution in [1.82, 2.24) is 15.3 Å². The molecule has 100 valence electrons. The van der Waals surface area contributed by atoms with Crippen molar-refractivity contribution in [2.45, 2.75) is 45.6 Å². The lowest BCUT2D eigenvalue weighted by Crippen LogP contribution is -2.44. The van der Waals surface area contributed by atoms with E-state index in [1.54, 1.807) is 6.33 Å². The smallest absolute Gasteiger partial charge is 0.132 e. The molecule has 2 rings (SSSR count). The number of aryl methyl sites for hydroxylation is 1. The maximum Gasteiger partial charge on any atom is 0.132 e. The van der Waals surface area contributed by atoms with Gasteiger partial charge in [0.05, 0.1) is 0 Å². The van der Waals surface area contributed by atoms with Crippen molar-refractivity contribution < 1.29 is 0 Å². The van der Waals surface area contributed by atoms with Crippen LogP contribution in [0, 0.1) is 6.92 Å². The summed E-state index contributed by atoms with van der Waals surface area (Å²) in [6.45, 7) is 7.52. The number of anilines is 1. The van der Waals surface area contributed by atoms with Gasteiger partial charge in [0.2, 0.25) is 0 Å². The molecule has 1 aliphatic heterocycles. The summed E-state index contributed by atoms with van der Waals surface area (Å²) < 4.78 is 0. The van der Waals surface area contributed by atoms with Gasteiger partial charge in [0.15, 0.2) is 0 Å². The summed E-state index contributed by atoms with van der Waals surface area (Å²) in [7, 11) is 0. The fraction of sp³-hybridized carbons (Fsp3) is 0.714. The Kier molecular flexibility index (Phi) is 4.93. The van der Waals surface area contributed by atoms with E-state index in [2.05, 4.69) is 33.2 Å². The highest BCUT2D eigenvalue weighted by Crippen LogP contribution is 2.15. The third-order valence-electron chi connectivity index (χ3n) is 3.46. The van der Waals surface area contributed by atoms with Crippen molar-refractivity contribution in [2.75, 3.05) is 24.5 Å². The third-order valence-corrected chi connectivity index (χ3v) is 3.46. The summed E-state index contributed by atoms with van der Waals surface area (Å²) in [4.78, 5) is 11.0. The van der Waals surface area contributed by atoms with Crippen molar-refractivity contribution in [2.24, 2.45) is 0 Å². The van der Waals surface area contributed by atoms with Crippen LogP contribution in [0.4, 0.5) is 5.82 Å². The van der Waals surface area contributed by atoms with Crippen LogP contribution in [-0.4, -0.2) is 35.6 Å². The average molecular weight is 248 g/mol. The standard InChI is InChI=1S/C14H24N4/c1-3-8-18(10-13-6-4-5-7-15-13)14-9-12(2)16-11-17-14/h9,11,13,15H,3-8,10H2,1-2H3. The Morgan fingerprint density at radius 2 is 2.28 bits per heavy atom. The number of aromatic nitrogens is 2. The Hall–Kier alpha value is -1.16. The van der Waals surface area contributed by atoms with Gasteiger partial charge in [-0.15, -0.1) is 0 Å². The molecule has 18 heavy (non-hydrogen) atoms. The Balaban J connectivity index is 2.02. The lowest BCUT2D eigenvalue weighted by Gasteiger charge is -2.31. The van der Waals surface area contributed by atoms with Gasteiger partial charge in [-0.2, -0.15) is 0 Å². The molecule has 1 saturated heterocycles. The zero-order valence-electron chi connectivity index (χ0n) is 11.5. The normalized spacial score (nSPS) is 19.8. The Morgan fingerprint density at radius 3 is 2.94 bits per heavy atom. The first-order valence-corrected chi connectivity index (χ1v) is 7.06. The molecule has 4 nitrogen and oxygen atoms in total. The molecule has 0 amide bonds. The van der Waals surface area contributed by atoms with Gasteiger partial charge in [-0.25, -0.2) is 9.97 Å². The second-order valence-electron chi connectivity index (χ2n) is 5.11. The van der Waals surface area contributed by atoms with Crippen LogP contribution in [0.3, 0.4) is 0 Å². The molecule has 1 aromatic heterocycles. The first kappa shape index (κ1) is 13.3. The number of rotatable bonds is 5. The number of nitrogens with zero attached hydrogens (tertiary/aromatic N) is 3. The molecule has 0 aliphatic carbocycles. The maximum atomic E-state index is 4.41. The monoisotopic (exact) mass is 248 g/mol. The van der Waals surface area contributed by atoms with E-state index < -0.39 is 0 Å². The van der Waals surface area contributed by atoms with E-state index in [-0.39, 0.29) is 0 Å². The molecule has 1 fully saturated rings. The van der Waals surface area contributed by atoms with E-state index in [4.69, 9.17) is 0 Å². The van der Waals surface area contributed by atoms with Gasteiger partial charge in [0.1, 0.15) is 12.1 Å². The van der Waals surface area contributed by atoms with Crippen molar-refractivity contribution >= 4 is 5.82 Å². The summed E-state index contributed by atoms with van der Waals surface area (Å²) in [6, 6.07) is 2.69. The van der Waals surface area contributed by atoms with E-state index in [1.165, 1.54) is 19.3 Å². The molecule has 1 N–H and O–H groups in total. The van der Waals surface area contributed by atoms with Crippen LogP contribution < -0.4 is 10.2 Å². The fourth-order valence-electron chi connectivity index (χ4n) is 2.53. The molecule has 0 saturated carbocycles. The second-order valence-corrected chi connectivity index (χ2v) is 5.11. The van der Waals surface area contributed by atoms with Gasteiger partial charge in [0, 0.05) is 30.9 Å². The predicted molar refractivity (Wildman–Crippen MR) is 74.9 cm³/mol. The average Bonchev–Trinajstić information content (AvgIpc) is 2.39. The van der Waals surface area contributed by atoms with Crippen molar-refractivity contribution in [3.05, 3.63) is 18.1 Å². The molecular weight excluding hydrogens is 224 g/mol. The summed E-state index contributed by atoms with van der Waals surface area (Å²) >= 11 is 0. The summed E-state index contributed by atoms with van der Waals surface area (Å²) in [6.07, 6.45) is 6.76. The van der Waals surface area contributed by atoms with E-state index in [0.29, 0.717) is 6.04 Å². The van der Waals surface area contributed by atoms with Crippen LogP contribution in [0.5, 0.6) is 0 Å². The first-order valence-electron chi connectivity index (χ1n) is 7.06. The second kappa shape index (κ2) is 6.69. The largest absolute Gasteiger partial charge is 0.355 e. The number of nitrogens with one attached hydrogen (secondary N) is 1. The van der Waals surface area contributed by atoms with Crippen LogP contribution in [0.15, 0.2) is 12.4 Å². The van der Waals surface area contributed by atoms with Gasteiger partial charge < -0.3 is 10.2 Å². The van der Waals surface area contributed by atoms with Crippen molar-refractivity contribution in [3.8, 4) is 0 Å². The predicted octanol–water partition coefficient (Wildman–Crippen LogP) is 2.14. The van der Waals surface area contributed by atoms with Gasteiger partial charge in [-0.3, -0.25) is 0 Å². The Bertz CT molecular complexity index is 361. The minimum absolute atomic E-state index is 0.612. The van der Waals surface area contributed by atoms with E-state index in [1.807, 2.05) is 6.92 Å². The van der Waals surface area contributed by atoms with Gasteiger partial charge in [0.25, 0.3) is 0 Å². The highest BCUT2D eigenvalue weighted by Gasteiger charge is 2.17. The van der Waals surface area contributed by atoms with Crippen LogP contribution in [0.25, 0.3) is 0 Å². The molecule has 1 unspecified atom stereocenters. The molecular formula is C14H24N4. The molecule has 0 spiro atoms. The number of hydrogen-bond donors (Lipinski definition) is 1. The molecule has 1 aromatic rings. The molecule has 1 aliphatic rings. The van der Waals surface area contributed by atoms with Gasteiger partial charge in [-0.05, 0) is 32.7 Å². The van der Waals surface area contributed by atoms with E-state index in [9.17, 15) is 0 Å². The SMILES string of the molecule is CCCN(CC1CCCCN1)c1cc(C)ncn1. The van der Waals surface area contributed by atoms with Crippen LogP contribution >= 0.6 is 0 Å². The zero-order chi connectivity index (χ0) is 12.8. The maximum absolute atomic E-state index is 4.41. The third kappa shape index (κ3) is 3.67. The van der Waals surface area contributed by atoms with Crippen LogP contribution in [-0.2, 0) is 0 Å². The topological polar surface area (TPSA) is 41.0 Å². The summed E-state index contributed by atoms with van der Waals surface area (Å²) in [5.74, 6) is 1.07. The highest BCUT2D eigenvalue weighted by molar-refractivity contribution is 5.38. The Morgan fingerprint density at radius 1 is 1.39 bits per heavy atom. The molecule has 0 bridgehead atoms. The lowest BCUT2D eigenvalue weighted by molar-refractivity contribution is 0.398. The number of piperidine rings is 1.